The molecule has 4 heteroatoms. The van der Waals surface area contributed by atoms with E-state index in [1.54, 1.807) is 6.07 Å². The molecule has 1 aromatic rings. The van der Waals surface area contributed by atoms with E-state index in [1.807, 2.05) is 25.1 Å². The zero-order valence-electron chi connectivity index (χ0n) is 8.79. The van der Waals surface area contributed by atoms with Crippen molar-refractivity contribution in [3.05, 3.63) is 34.9 Å². The lowest BCUT2D eigenvalue weighted by molar-refractivity contribution is -0.125. The minimum absolute atomic E-state index is 0.0636. The van der Waals surface area contributed by atoms with Gasteiger partial charge in [0.15, 0.2) is 0 Å². The zero-order valence-corrected chi connectivity index (χ0v) is 9.54. The highest BCUT2D eigenvalue weighted by Gasteiger charge is 2.08. The first-order valence-electron chi connectivity index (χ1n) is 4.67. The van der Waals surface area contributed by atoms with Gasteiger partial charge in [0.05, 0.1) is 6.04 Å². The van der Waals surface area contributed by atoms with Gasteiger partial charge in [-0.2, -0.15) is 0 Å². The number of benzene rings is 1. The van der Waals surface area contributed by atoms with Gasteiger partial charge in [0.1, 0.15) is 6.61 Å². The number of carbonyl (C=O) groups excluding carboxylic acids is 1. The third kappa shape index (κ3) is 3.90. The smallest absolute Gasteiger partial charge is 0.246 e. The third-order valence-electron chi connectivity index (χ3n) is 2.00. The van der Waals surface area contributed by atoms with Crippen LogP contribution in [0.4, 0.5) is 0 Å². The van der Waals surface area contributed by atoms with Gasteiger partial charge in [0.25, 0.3) is 0 Å². The van der Waals surface area contributed by atoms with Gasteiger partial charge < -0.3 is 10.1 Å². The van der Waals surface area contributed by atoms with Crippen LogP contribution in [-0.4, -0.2) is 19.6 Å². The molecular weight excluding hydrogens is 214 g/mol. The van der Waals surface area contributed by atoms with Crippen LogP contribution < -0.4 is 5.32 Å². The largest absolute Gasteiger partial charge is 0.375 e. The molecule has 1 N–H and O–H groups in total. The molecule has 0 heterocycles. The summed E-state index contributed by atoms with van der Waals surface area (Å²) in [6.07, 6.45) is 0. The topological polar surface area (TPSA) is 38.3 Å². The van der Waals surface area contributed by atoms with Crippen LogP contribution in [-0.2, 0) is 9.53 Å². The van der Waals surface area contributed by atoms with E-state index in [0.717, 1.165) is 5.56 Å². The number of carbonyl (C=O) groups is 1. The first-order chi connectivity index (χ1) is 7.13. The average molecular weight is 228 g/mol. The van der Waals surface area contributed by atoms with Crippen molar-refractivity contribution in [2.24, 2.45) is 0 Å². The second-order valence-corrected chi connectivity index (χ2v) is 3.71. The second-order valence-electron chi connectivity index (χ2n) is 3.28. The number of amides is 1. The fourth-order valence-corrected chi connectivity index (χ4v) is 1.47. The Balaban J connectivity index is 2.60. The molecule has 0 bridgehead atoms. The van der Waals surface area contributed by atoms with E-state index >= 15 is 0 Å². The lowest BCUT2D eigenvalue weighted by Gasteiger charge is -2.14. The molecule has 0 saturated carbocycles. The lowest BCUT2D eigenvalue weighted by atomic mass is 10.1. The van der Waals surface area contributed by atoms with E-state index in [-0.39, 0.29) is 18.6 Å². The van der Waals surface area contributed by atoms with Crippen LogP contribution in [0.25, 0.3) is 0 Å². The van der Waals surface area contributed by atoms with Gasteiger partial charge in [-0.05, 0) is 24.6 Å². The monoisotopic (exact) mass is 227 g/mol. The minimum Gasteiger partial charge on any atom is -0.375 e. The molecule has 82 valence electrons. The van der Waals surface area contributed by atoms with Crippen LogP contribution in [0.3, 0.4) is 0 Å². The SMILES string of the molecule is COCC(=O)N[C@@H](C)c1cccc(Cl)c1. The summed E-state index contributed by atoms with van der Waals surface area (Å²) in [6, 6.07) is 7.35. The molecular formula is C11H14ClNO2. The van der Waals surface area contributed by atoms with Gasteiger partial charge in [0, 0.05) is 12.1 Å². The number of hydrogen-bond acceptors (Lipinski definition) is 2. The van der Waals surface area contributed by atoms with Crippen molar-refractivity contribution in [1.29, 1.82) is 0 Å². The number of ether oxygens (including phenoxy) is 1. The fourth-order valence-electron chi connectivity index (χ4n) is 1.27. The van der Waals surface area contributed by atoms with Crippen molar-refractivity contribution >= 4 is 17.5 Å². The molecule has 0 fully saturated rings. The predicted octanol–water partition coefficient (Wildman–Crippen LogP) is 2.16. The molecule has 1 aromatic carbocycles. The molecule has 3 nitrogen and oxygen atoms in total. The Morgan fingerprint density at radius 1 is 1.60 bits per heavy atom. The number of methoxy groups -OCH3 is 1. The van der Waals surface area contributed by atoms with Crippen LogP contribution >= 0.6 is 11.6 Å². The highest BCUT2D eigenvalue weighted by Crippen LogP contribution is 2.16. The molecule has 1 atom stereocenters. The maximum Gasteiger partial charge on any atom is 0.246 e. The Labute approximate surface area is 94.4 Å². The average Bonchev–Trinajstić information content (AvgIpc) is 2.18. The minimum atomic E-state index is -0.134. The van der Waals surface area contributed by atoms with E-state index in [1.165, 1.54) is 7.11 Å². The van der Waals surface area contributed by atoms with Crippen molar-refractivity contribution in [1.82, 2.24) is 5.32 Å². The van der Waals surface area contributed by atoms with E-state index in [2.05, 4.69) is 5.32 Å². The van der Waals surface area contributed by atoms with Gasteiger partial charge >= 0.3 is 0 Å². The van der Waals surface area contributed by atoms with Gasteiger partial charge in [0.2, 0.25) is 5.91 Å². The van der Waals surface area contributed by atoms with Crippen molar-refractivity contribution in [3.63, 3.8) is 0 Å². The van der Waals surface area contributed by atoms with Gasteiger partial charge in [-0.15, -0.1) is 0 Å². The Hall–Kier alpha value is -1.06. The summed E-state index contributed by atoms with van der Waals surface area (Å²) in [4.78, 5) is 11.2. The second kappa shape index (κ2) is 5.73. The summed E-state index contributed by atoms with van der Waals surface area (Å²) in [5.41, 5.74) is 0.979. The molecule has 15 heavy (non-hydrogen) atoms. The van der Waals surface area contributed by atoms with E-state index in [0.29, 0.717) is 5.02 Å². The van der Waals surface area contributed by atoms with Crippen LogP contribution in [0.1, 0.15) is 18.5 Å². The predicted molar refractivity (Wildman–Crippen MR) is 59.9 cm³/mol. The number of rotatable bonds is 4. The molecule has 1 rings (SSSR count). The van der Waals surface area contributed by atoms with E-state index < -0.39 is 0 Å². The molecule has 0 unspecified atom stereocenters. The first kappa shape index (κ1) is 12.0. The number of hydrogen-bond donors (Lipinski definition) is 1. The molecule has 0 spiro atoms. The summed E-state index contributed by atoms with van der Waals surface area (Å²) < 4.78 is 4.73. The molecule has 0 aliphatic rings. The zero-order chi connectivity index (χ0) is 11.3. The molecule has 0 aliphatic heterocycles. The summed E-state index contributed by atoms with van der Waals surface area (Å²) in [5.74, 6) is -0.134. The Morgan fingerprint density at radius 3 is 2.93 bits per heavy atom. The van der Waals surface area contributed by atoms with Crippen molar-refractivity contribution in [2.45, 2.75) is 13.0 Å². The van der Waals surface area contributed by atoms with Crippen molar-refractivity contribution in [2.75, 3.05) is 13.7 Å². The maximum absolute atomic E-state index is 11.2. The van der Waals surface area contributed by atoms with Gasteiger partial charge in [-0.25, -0.2) is 0 Å². The summed E-state index contributed by atoms with van der Waals surface area (Å²) in [6.45, 7) is 1.98. The standard InChI is InChI=1S/C11H14ClNO2/c1-8(13-11(14)7-15-2)9-4-3-5-10(12)6-9/h3-6,8H,7H2,1-2H3,(H,13,14)/t8-/m0/s1. The first-order valence-corrected chi connectivity index (χ1v) is 5.05. The highest BCUT2D eigenvalue weighted by molar-refractivity contribution is 6.30. The van der Waals surface area contributed by atoms with Gasteiger partial charge in [-0.1, -0.05) is 23.7 Å². The molecule has 1 amide bonds. The van der Waals surface area contributed by atoms with Crippen LogP contribution in [0.5, 0.6) is 0 Å². The normalized spacial score (nSPS) is 12.2. The van der Waals surface area contributed by atoms with Crippen LogP contribution in [0, 0.1) is 0 Å². The molecule has 0 saturated heterocycles. The highest BCUT2D eigenvalue weighted by atomic mass is 35.5. The van der Waals surface area contributed by atoms with Crippen LogP contribution in [0.2, 0.25) is 5.02 Å². The molecule has 0 radical (unpaired) electrons. The lowest BCUT2D eigenvalue weighted by Crippen LogP contribution is -2.29. The summed E-state index contributed by atoms with van der Waals surface area (Å²) in [5, 5.41) is 3.47. The van der Waals surface area contributed by atoms with Crippen molar-refractivity contribution in [3.8, 4) is 0 Å². The Morgan fingerprint density at radius 2 is 2.33 bits per heavy atom. The Kier molecular flexibility index (Phi) is 4.59. The number of halogens is 1. The summed E-state index contributed by atoms with van der Waals surface area (Å²) in [7, 11) is 1.49. The third-order valence-corrected chi connectivity index (χ3v) is 2.24. The van der Waals surface area contributed by atoms with Crippen LogP contribution in [0.15, 0.2) is 24.3 Å². The maximum atomic E-state index is 11.2. The summed E-state index contributed by atoms with van der Waals surface area (Å²) >= 11 is 5.85. The molecule has 0 aromatic heterocycles. The Bertz CT molecular complexity index is 341. The number of nitrogens with one attached hydrogen (secondary N) is 1. The fraction of sp³-hybridized carbons (Fsp3) is 0.364. The molecule has 0 aliphatic carbocycles. The van der Waals surface area contributed by atoms with E-state index in [4.69, 9.17) is 16.3 Å². The van der Waals surface area contributed by atoms with Gasteiger partial charge in [-0.3, -0.25) is 4.79 Å². The van der Waals surface area contributed by atoms with Crippen molar-refractivity contribution < 1.29 is 9.53 Å². The quantitative estimate of drug-likeness (QED) is 0.856. The van der Waals surface area contributed by atoms with E-state index in [9.17, 15) is 4.79 Å².